The predicted molar refractivity (Wildman–Crippen MR) is 81.8 cm³/mol. The maximum atomic E-state index is 11.5. The van der Waals surface area contributed by atoms with Crippen molar-refractivity contribution in [2.24, 2.45) is 10.8 Å². The van der Waals surface area contributed by atoms with Gasteiger partial charge in [-0.3, -0.25) is 9.69 Å². The SMILES string of the molecule is CC1(C)CC(C)(C)CC(CC(=O)O)(N2CCCCC2)C1. The number of aliphatic carboxylic acids is 1. The van der Waals surface area contributed by atoms with Crippen LogP contribution in [0.25, 0.3) is 0 Å². The van der Waals surface area contributed by atoms with Crippen LogP contribution in [0.4, 0.5) is 0 Å². The maximum absolute atomic E-state index is 11.5. The molecule has 2 rings (SSSR count). The van der Waals surface area contributed by atoms with Crippen molar-refractivity contribution in [3.05, 3.63) is 0 Å². The molecule has 3 nitrogen and oxygen atoms in total. The van der Waals surface area contributed by atoms with Crippen LogP contribution in [-0.2, 0) is 4.79 Å². The number of hydrogen-bond donors (Lipinski definition) is 1. The Bertz CT molecular complexity index is 351. The molecule has 0 aromatic heterocycles. The van der Waals surface area contributed by atoms with Gasteiger partial charge in [-0.2, -0.15) is 0 Å². The second-order valence-corrected chi connectivity index (χ2v) is 8.70. The van der Waals surface area contributed by atoms with E-state index in [9.17, 15) is 9.90 Å². The number of nitrogens with zero attached hydrogens (tertiary/aromatic N) is 1. The summed E-state index contributed by atoms with van der Waals surface area (Å²) in [5, 5.41) is 9.48. The number of carbonyl (C=O) groups is 1. The summed E-state index contributed by atoms with van der Waals surface area (Å²) in [6.45, 7) is 11.4. The molecule has 0 spiro atoms. The lowest BCUT2D eigenvalue weighted by Gasteiger charge is -2.57. The van der Waals surface area contributed by atoms with Gasteiger partial charge in [-0.1, -0.05) is 34.1 Å². The summed E-state index contributed by atoms with van der Waals surface area (Å²) in [7, 11) is 0. The minimum Gasteiger partial charge on any atom is -0.481 e. The lowest BCUT2D eigenvalue weighted by molar-refractivity contribution is -0.145. The van der Waals surface area contributed by atoms with Gasteiger partial charge < -0.3 is 5.11 Å². The fraction of sp³-hybridized carbons (Fsp3) is 0.941. The van der Waals surface area contributed by atoms with E-state index in [1.807, 2.05) is 0 Å². The maximum Gasteiger partial charge on any atom is 0.305 e. The van der Waals surface area contributed by atoms with E-state index in [0.717, 1.165) is 25.9 Å². The van der Waals surface area contributed by atoms with Gasteiger partial charge in [-0.15, -0.1) is 0 Å². The molecule has 116 valence electrons. The highest BCUT2D eigenvalue weighted by Crippen LogP contribution is 2.53. The molecule has 0 aromatic carbocycles. The molecule has 2 aliphatic rings. The smallest absolute Gasteiger partial charge is 0.305 e. The average molecular weight is 281 g/mol. The molecule has 20 heavy (non-hydrogen) atoms. The van der Waals surface area contributed by atoms with Gasteiger partial charge in [0.05, 0.1) is 6.42 Å². The molecule has 0 atom stereocenters. The van der Waals surface area contributed by atoms with Gasteiger partial charge in [0.15, 0.2) is 0 Å². The standard InChI is InChI=1S/C17H31NO2/c1-15(2)11-16(3,4)13-17(12-15,10-14(19)20)18-8-6-5-7-9-18/h5-13H2,1-4H3,(H,19,20). The van der Waals surface area contributed by atoms with Crippen LogP contribution >= 0.6 is 0 Å². The van der Waals surface area contributed by atoms with Crippen LogP contribution in [0.15, 0.2) is 0 Å². The number of likely N-dealkylation sites (tertiary alicyclic amines) is 1. The van der Waals surface area contributed by atoms with Crippen LogP contribution in [0.1, 0.15) is 72.6 Å². The fourth-order valence-electron chi connectivity index (χ4n) is 5.37. The summed E-state index contributed by atoms with van der Waals surface area (Å²) < 4.78 is 0. The highest BCUT2D eigenvalue weighted by atomic mass is 16.4. The minimum absolute atomic E-state index is 0.127. The van der Waals surface area contributed by atoms with Crippen LogP contribution in [-0.4, -0.2) is 34.6 Å². The summed E-state index contributed by atoms with van der Waals surface area (Å²) in [5.41, 5.74) is 0.334. The summed E-state index contributed by atoms with van der Waals surface area (Å²) in [5.74, 6) is -0.635. The molecule has 2 fully saturated rings. The zero-order valence-corrected chi connectivity index (χ0v) is 13.7. The van der Waals surface area contributed by atoms with E-state index >= 15 is 0 Å². The zero-order chi connectivity index (χ0) is 15.0. The van der Waals surface area contributed by atoms with E-state index in [2.05, 4.69) is 32.6 Å². The van der Waals surface area contributed by atoms with Crippen LogP contribution < -0.4 is 0 Å². The molecule has 1 aliphatic heterocycles. The Balaban J connectivity index is 2.32. The van der Waals surface area contributed by atoms with Gasteiger partial charge in [0, 0.05) is 5.54 Å². The van der Waals surface area contributed by atoms with E-state index < -0.39 is 5.97 Å². The largest absolute Gasteiger partial charge is 0.481 e. The Labute approximate surface area is 123 Å². The second-order valence-electron chi connectivity index (χ2n) is 8.70. The number of rotatable bonds is 3. The lowest BCUT2D eigenvalue weighted by Crippen LogP contribution is -2.59. The third kappa shape index (κ3) is 3.55. The third-order valence-corrected chi connectivity index (χ3v) is 5.08. The fourth-order valence-corrected chi connectivity index (χ4v) is 5.37. The Morgan fingerprint density at radius 1 is 0.950 bits per heavy atom. The quantitative estimate of drug-likeness (QED) is 0.852. The molecular formula is C17H31NO2. The first kappa shape index (κ1) is 15.8. The topological polar surface area (TPSA) is 40.5 Å². The van der Waals surface area contributed by atoms with Crippen molar-refractivity contribution >= 4 is 5.97 Å². The summed E-state index contributed by atoms with van der Waals surface area (Å²) in [6.07, 6.45) is 7.29. The van der Waals surface area contributed by atoms with Gasteiger partial charge in [0.25, 0.3) is 0 Å². The molecule has 1 heterocycles. The zero-order valence-electron chi connectivity index (χ0n) is 13.7. The molecule has 1 aliphatic carbocycles. The number of piperidine rings is 1. The van der Waals surface area contributed by atoms with Crippen LogP contribution in [0.2, 0.25) is 0 Å². The van der Waals surface area contributed by atoms with Gasteiger partial charge in [-0.05, 0) is 56.0 Å². The Morgan fingerprint density at radius 2 is 1.45 bits per heavy atom. The number of hydrogen-bond acceptors (Lipinski definition) is 2. The van der Waals surface area contributed by atoms with Crippen LogP contribution in [0.5, 0.6) is 0 Å². The second kappa shape index (κ2) is 5.32. The van der Waals surface area contributed by atoms with E-state index in [4.69, 9.17) is 0 Å². The van der Waals surface area contributed by atoms with Crippen molar-refractivity contribution in [3.63, 3.8) is 0 Å². The van der Waals surface area contributed by atoms with Gasteiger partial charge in [0.2, 0.25) is 0 Å². The summed E-state index contributed by atoms with van der Waals surface area (Å²) in [4.78, 5) is 14.0. The van der Waals surface area contributed by atoms with E-state index in [1.165, 1.54) is 25.7 Å². The molecule has 0 aromatic rings. The molecule has 1 saturated heterocycles. The van der Waals surface area contributed by atoms with Crippen molar-refractivity contribution < 1.29 is 9.90 Å². The molecule has 3 heteroatoms. The van der Waals surface area contributed by atoms with Crippen molar-refractivity contribution in [2.75, 3.05) is 13.1 Å². The van der Waals surface area contributed by atoms with Crippen molar-refractivity contribution in [1.82, 2.24) is 4.90 Å². The lowest BCUT2D eigenvalue weighted by atomic mass is 9.57. The van der Waals surface area contributed by atoms with Crippen LogP contribution in [0.3, 0.4) is 0 Å². The third-order valence-electron chi connectivity index (χ3n) is 5.08. The molecule has 0 unspecified atom stereocenters. The van der Waals surface area contributed by atoms with Crippen molar-refractivity contribution in [3.8, 4) is 0 Å². The average Bonchev–Trinajstić information content (AvgIpc) is 2.24. The highest BCUT2D eigenvalue weighted by molar-refractivity contribution is 5.68. The first-order valence-corrected chi connectivity index (χ1v) is 8.11. The van der Waals surface area contributed by atoms with Gasteiger partial charge in [-0.25, -0.2) is 0 Å². The number of carboxylic acid groups (broad SMARTS) is 1. The van der Waals surface area contributed by atoms with Gasteiger partial charge in [0.1, 0.15) is 0 Å². The number of carboxylic acids is 1. The van der Waals surface area contributed by atoms with E-state index in [0.29, 0.717) is 6.42 Å². The monoisotopic (exact) mass is 281 g/mol. The summed E-state index contributed by atoms with van der Waals surface area (Å²) >= 11 is 0. The Hall–Kier alpha value is -0.570. The molecule has 0 amide bonds. The van der Waals surface area contributed by atoms with Crippen molar-refractivity contribution in [2.45, 2.75) is 78.2 Å². The van der Waals surface area contributed by atoms with Gasteiger partial charge >= 0.3 is 5.97 Å². The minimum atomic E-state index is -0.635. The molecule has 1 N–H and O–H groups in total. The molecular weight excluding hydrogens is 250 g/mol. The molecule has 0 radical (unpaired) electrons. The molecule has 1 saturated carbocycles. The normalized spacial score (nSPS) is 29.0. The van der Waals surface area contributed by atoms with Crippen LogP contribution in [0, 0.1) is 10.8 Å². The molecule has 0 bridgehead atoms. The van der Waals surface area contributed by atoms with E-state index in [-0.39, 0.29) is 16.4 Å². The summed E-state index contributed by atoms with van der Waals surface area (Å²) in [6, 6.07) is 0. The first-order valence-electron chi connectivity index (χ1n) is 8.11. The highest BCUT2D eigenvalue weighted by Gasteiger charge is 2.51. The first-order chi connectivity index (χ1) is 9.14. The van der Waals surface area contributed by atoms with E-state index in [1.54, 1.807) is 0 Å². The Kier molecular flexibility index (Phi) is 4.21. The van der Waals surface area contributed by atoms with Crippen molar-refractivity contribution in [1.29, 1.82) is 0 Å². The Morgan fingerprint density at radius 3 is 1.90 bits per heavy atom. The predicted octanol–water partition coefficient (Wildman–Crippen LogP) is 3.92.